The summed E-state index contributed by atoms with van der Waals surface area (Å²) in [4.78, 5) is 11.1. The van der Waals surface area contributed by atoms with Gasteiger partial charge >= 0.3 is 5.97 Å². The van der Waals surface area contributed by atoms with Crippen LogP contribution in [0.3, 0.4) is 0 Å². The third-order valence-corrected chi connectivity index (χ3v) is 2.94. The minimum atomic E-state index is -1.05. The van der Waals surface area contributed by atoms with E-state index >= 15 is 0 Å². The first-order chi connectivity index (χ1) is 9.10. The molecule has 0 fully saturated rings. The number of benzene rings is 2. The van der Waals surface area contributed by atoms with Crippen molar-refractivity contribution < 1.29 is 19.4 Å². The van der Waals surface area contributed by atoms with Crippen LogP contribution in [0.1, 0.15) is 10.4 Å². The molecule has 0 bridgehead atoms. The normalized spacial score (nSPS) is 10.0. The van der Waals surface area contributed by atoms with Gasteiger partial charge in [0.25, 0.3) is 0 Å². The maximum atomic E-state index is 11.1. The first-order valence-electron chi connectivity index (χ1n) is 5.45. The van der Waals surface area contributed by atoms with Crippen molar-refractivity contribution in [2.45, 2.75) is 0 Å². The van der Waals surface area contributed by atoms with Crippen molar-refractivity contribution in [2.24, 2.45) is 0 Å². The van der Waals surface area contributed by atoms with Gasteiger partial charge in [-0.15, -0.1) is 0 Å². The molecule has 2 aromatic rings. The molecule has 4 nitrogen and oxygen atoms in total. The smallest absolute Gasteiger partial charge is 0.339 e. The number of hydrogen-bond acceptors (Lipinski definition) is 3. The lowest BCUT2D eigenvalue weighted by Crippen LogP contribution is -2.00. The van der Waals surface area contributed by atoms with Gasteiger partial charge in [0, 0.05) is 10.5 Å². The molecule has 0 spiro atoms. The van der Waals surface area contributed by atoms with E-state index in [0.29, 0.717) is 11.5 Å². The molecule has 0 saturated heterocycles. The van der Waals surface area contributed by atoms with E-state index in [4.69, 9.17) is 14.6 Å². The molecule has 19 heavy (non-hydrogen) atoms. The fourth-order valence-corrected chi connectivity index (χ4v) is 1.93. The zero-order chi connectivity index (χ0) is 13.8. The van der Waals surface area contributed by atoms with E-state index in [9.17, 15) is 4.79 Å². The number of hydrogen-bond donors (Lipinski definition) is 1. The topological polar surface area (TPSA) is 55.8 Å². The van der Waals surface area contributed by atoms with Crippen molar-refractivity contribution >= 4 is 21.9 Å². The Labute approximate surface area is 118 Å². The number of aromatic carboxylic acids is 1. The van der Waals surface area contributed by atoms with Crippen molar-refractivity contribution in [2.75, 3.05) is 7.11 Å². The van der Waals surface area contributed by atoms with Crippen LogP contribution in [0.2, 0.25) is 0 Å². The van der Waals surface area contributed by atoms with Crippen LogP contribution in [-0.4, -0.2) is 18.2 Å². The first-order valence-corrected chi connectivity index (χ1v) is 6.24. The van der Waals surface area contributed by atoms with Crippen molar-refractivity contribution in [3.05, 3.63) is 52.5 Å². The summed E-state index contributed by atoms with van der Waals surface area (Å²) in [6.45, 7) is 0. The van der Waals surface area contributed by atoms with Crippen LogP contribution in [0.25, 0.3) is 0 Å². The molecule has 0 aromatic heterocycles. The average molecular weight is 323 g/mol. The molecule has 0 aliphatic rings. The number of halogens is 1. The predicted molar refractivity (Wildman–Crippen MR) is 74.2 cm³/mol. The number of methoxy groups -OCH3 is 1. The Hall–Kier alpha value is -2.01. The molecule has 0 saturated carbocycles. The Bertz CT molecular complexity index is 610. The standard InChI is InChI=1S/C14H11BrO4/c1-18-10-5-6-12(14(16)17)13(8-10)19-11-4-2-3-9(15)7-11/h2-8H,1H3,(H,16,17). The number of ether oxygens (including phenoxy) is 2. The van der Waals surface area contributed by atoms with Gasteiger partial charge in [0.2, 0.25) is 0 Å². The van der Waals surface area contributed by atoms with Gasteiger partial charge in [0.05, 0.1) is 7.11 Å². The van der Waals surface area contributed by atoms with Gasteiger partial charge in [-0.1, -0.05) is 22.0 Å². The maximum Gasteiger partial charge on any atom is 0.339 e. The molecular formula is C14H11BrO4. The molecule has 0 amide bonds. The second-order valence-electron chi connectivity index (χ2n) is 3.73. The Morgan fingerprint density at radius 1 is 1.16 bits per heavy atom. The number of carboxylic acid groups (broad SMARTS) is 1. The Morgan fingerprint density at radius 3 is 2.58 bits per heavy atom. The Balaban J connectivity index is 2.39. The van der Waals surface area contributed by atoms with Crippen LogP contribution >= 0.6 is 15.9 Å². The van der Waals surface area contributed by atoms with Gasteiger partial charge < -0.3 is 14.6 Å². The Morgan fingerprint density at radius 2 is 1.95 bits per heavy atom. The van der Waals surface area contributed by atoms with Crippen molar-refractivity contribution in [3.8, 4) is 17.2 Å². The second-order valence-corrected chi connectivity index (χ2v) is 4.64. The van der Waals surface area contributed by atoms with Gasteiger partial charge in [-0.25, -0.2) is 4.79 Å². The lowest BCUT2D eigenvalue weighted by molar-refractivity contribution is 0.0694. The molecule has 98 valence electrons. The van der Waals surface area contributed by atoms with Gasteiger partial charge in [0.1, 0.15) is 22.8 Å². The molecule has 2 aromatic carbocycles. The molecule has 0 heterocycles. The highest BCUT2D eigenvalue weighted by Gasteiger charge is 2.13. The summed E-state index contributed by atoms with van der Waals surface area (Å²) in [5.74, 6) is 0.276. The van der Waals surface area contributed by atoms with E-state index in [1.165, 1.54) is 13.2 Å². The summed E-state index contributed by atoms with van der Waals surface area (Å²) in [7, 11) is 1.51. The fourth-order valence-electron chi connectivity index (χ4n) is 1.55. The van der Waals surface area contributed by atoms with Crippen LogP contribution in [0.15, 0.2) is 46.9 Å². The number of carbonyl (C=O) groups is 1. The molecule has 0 aliphatic carbocycles. The molecule has 1 N–H and O–H groups in total. The zero-order valence-electron chi connectivity index (χ0n) is 10.1. The van der Waals surface area contributed by atoms with E-state index in [2.05, 4.69) is 15.9 Å². The van der Waals surface area contributed by atoms with Crippen molar-refractivity contribution in [3.63, 3.8) is 0 Å². The summed E-state index contributed by atoms with van der Waals surface area (Å²) in [5.41, 5.74) is 0.0841. The zero-order valence-corrected chi connectivity index (χ0v) is 11.7. The maximum absolute atomic E-state index is 11.1. The molecule has 2 rings (SSSR count). The van der Waals surface area contributed by atoms with Crippen LogP contribution in [-0.2, 0) is 0 Å². The van der Waals surface area contributed by atoms with Crippen LogP contribution in [0, 0.1) is 0 Å². The third kappa shape index (κ3) is 3.26. The second kappa shape index (κ2) is 5.75. The fraction of sp³-hybridized carbons (Fsp3) is 0.0714. The highest BCUT2D eigenvalue weighted by atomic mass is 79.9. The van der Waals surface area contributed by atoms with Gasteiger partial charge in [0.15, 0.2) is 0 Å². The average Bonchev–Trinajstić information content (AvgIpc) is 2.38. The molecule has 0 unspecified atom stereocenters. The van der Waals surface area contributed by atoms with Gasteiger partial charge in [-0.2, -0.15) is 0 Å². The summed E-state index contributed by atoms with van der Waals surface area (Å²) in [5, 5.41) is 9.13. The quantitative estimate of drug-likeness (QED) is 0.926. The van der Waals surface area contributed by atoms with E-state index < -0.39 is 5.97 Å². The SMILES string of the molecule is COc1ccc(C(=O)O)c(Oc2cccc(Br)c2)c1. The summed E-state index contributed by atoms with van der Waals surface area (Å²) in [6.07, 6.45) is 0. The molecule has 0 radical (unpaired) electrons. The van der Waals surface area contributed by atoms with Crippen molar-refractivity contribution in [1.29, 1.82) is 0 Å². The number of rotatable bonds is 4. The van der Waals surface area contributed by atoms with Crippen LogP contribution in [0.4, 0.5) is 0 Å². The van der Waals surface area contributed by atoms with Crippen LogP contribution in [0.5, 0.6) is 17.2 Å². The molecular weight excluding hydrogens is 312 g/mol. The highest BCUT2D eigenvalue weighted by molar-refractivity contribution is 9.10. The first kappa shape index (κ1) is 13.4. The van der Waals surface area contributed by atoms with E-state index in [1.807, 2.05) is 6.07 Å². The van der Waals surface area contributed by atoms with Crippen LogP contribution < -0.4 is 9.47 Å². The van der Waals surface area contributed by atoms with E-state index in [0.717, 1.165) is 4.47 Å². The van der Waals surface area contributed by atoms with Gasteiger partial charge in [-0.05, 0) is 30.3 Å². The summed E-state index contributed by atoms with van der Waals surface area (Å²) < 4.78 is 11.5. The molecule has 0 atom stereocenters. The summed E-state index contributed by atoms with van der Waals surface area (Å²) in [6, 6.07) is 11.7. The monoisotopic (exact) mass is 322 g/mol. The summed E-state index contributed by atoms with van der Waals surface area (Å²) >= 11 is 3.33. The van der Waals surface area contributed by atoms with E-state index in [-0.39, 0.29) is 11.3 Å². The largest absolute Gasteiger partial charge is 0.497 e. The van der Waals surface area contributed by atoms with Gasteiger partial charge in [-0.3, -0.25) is 0 Å². The van der Waals surface area contributed by atoms with Crippen molar-refractivity contribution in [1.82, 2.24) is 0 Å². The lowest BCUT2D eigenvalue weighted by Gasteiger charge is -2.10. The predicted octanol–water partition coefficient (Wildman–Crippen LogP) is 3.95. The molecule has 0 aliphatic heterocycles. The Kier molecular flexibility index (Phi) is 4.06. The highest BCUT2D eigenvalue weighted by Crippen LogP contribution is 2.30. The lowest BCUT2D eigenvalue weighted by atomic mass is 10.2. The number of carboxylic acids is 1. The minimum absolute atomic E-state index is 0.0841. The molecule has 5 heteroatoms. The third-order valence-electron chi connectivity index (χ3n) is 2.44. The minimum Gasteiger partial charge on any atom is -0.497 e. The van der Waals surface area contributed by atoms with E-state index in [1.54, 1.807) is 30.3 Å².